The van der Waals surface area contributed by atoms with Gasteiger partial charge in [0.15, 0.2) is 0 Å². The second kappa shape index (κ2) is 13.1. The first-order valence-electron chi connectivity index (χ1n) is 12.4. The number of rotatable bonds is 11. The Kier molecular flexibility index (Phi) is 10.1. The van der Waals surface area contributed by atoms with Crippen molar-refractivity contribution in [3.05, 3.63) is 94.5 Å². The topological polar surface area (TPSA) is 86.8 Å². The molecule has 1 unspecified atom stereocenters. The van der Waals surface area contributed by atoms with Crippen LogP contribution in [0.2, 0.25) is 0 Å². The molecular formula is C29H34BrN3O4S. The minimum atomic E-state index is -4.07. The Morgan fingerprint density at radius 3 is 2.08 bits per heavy atom. The van der Waals surface area contributed by atoms with Crippen molar-refractivity contribution >= 4 is 43.5 Å². The average molecular weight is 601 g/mol. The Hall–Kier alpha value is -3.17. The number of sulfonamides is 1. The van der Waals surface area contributed by atoms with Gasteiger partial charge < -0.3 is 10.2 Å². The maximum absolute atomic E-state index is 13.9. The Morgan fingerprint density at radius 1 is 0.895 bits per heavy atom. The fourth-order valence-electron chi connectivity index (χ4n) is 3.78. The van der Waals surface area contributed by atoms with Gasteiger partial charge in [-0.15, -0.1) is 0 Å². The summed E-state index contributed by atoms with van der Waals surface area (Å²) >= 11 is 3.38. The van der Waals surface area contributed by atoms with Gasteiger partial charge in [0.2, 0.25) is 11.8 Å². The zero-order valence-electron chi connectivity index (χ0n) is 22.1. The van der Waals surface area contributed by atoms with E-state index in [4.69, 9.17) is 0 Å². The fourth-order valence-corrected chi connectivity index (χ4v) is 5.48. The first-order valence-corrected chi connectivity index (χ1v) is 14.7. The largest absolute Gasteiger partial charge is 0.354 e. The first-order chi connectivity index (χ1) is 18.0. The predicted molar refractivity (Wildman–Crippen MR) is 154 cm³/mol. The summed E-state index contributed by atoms with van der Waals surface area (Å²) in [6.45, 7) is 7.79. The third-order valence-corrected chi connectivity index (χ3v) is 8.37. The summed E-state index contributed by atoms with van der Waals surface area (Å²) in [6.07, 6.45) is 0. The molecule has 3 aromatic rings. The normalized spacial score (nSPS) is 12.2. The van der Waals surface area contributed by atoms with E-state index in [0.29, 0.717) is 12.2 Å². The van der Waals surface area contributed by atoms with Crippen LogP contribution in [0.25, 0.3) is 0 Å². The van der Waals surface area contributed by atoms with Crippen molar-refractivity contribution in [3.63, 3.8) is 0 Å². The number of carbonyl (C=O) groups excluding carboxylic acids is 2. The first kappa shape index (κ1) is 29.4. The summed E-state index contributed by atoms with van der Waals surface area (Å²) in [5.41, 5.74) is 2.26. The maximum Gasteiger partial charge on any atom is 0.264 e. The van der Waals surface area contributed by atoms with Crippen LogP contribution in [0.1, 0.15) is 31.9 Å². The standard InChI is InChI=1S/C29H34BrN3O4S/c1-21(2)18-31-29(35)23(4)32(19-24-12-10-22(3)11-13-24)28(34)20-33(26-16-14-25(30)15-17-26)38(36,37)27-8-6-5-7-9-27/h5-17,21,23H,18-20H2,1-4H3,(H,31,35). The molecule has 7 nitrogen and oxygen atoms in total. The van der Waals surface area contributed by atoms with Crippen LogP contribution in [0.3, 0.4) is 0 Å². The van der Waals surface area contributed by atoms with Crippen LogP contribution in [0.5, 0.6) is 0 Å². The minimum absolute atomic E-state index is 0.0727. The molecule has 0 bridgehead atoms. The highest BCUT2D eigenvalue weighted by molar-refractivity contribution is 9.10. The lowest BCUT2D eigenvalue weighted by atomic mass is 10.1. The number of anilines is 1. The lowest BCUT2D eigenvalue weighted by Crippen LogP contribution is -2.51. The lowest BCUT2D eigenvalue weighted by Gasteiger charge is -2.32. The molecule has 0 saturated carbocycles. The van der Waals surface area contributed by atoms with E-state index in [0.717, 1.165) is 19.9 Å². The molecule has 38 heavy (non-hydrogen) atoms. The van der Waals surface area contributed by atoms with E-state index in [1.54, 1.807) is 49.4 Å². The molecule has 0 heterocycles. The molecular weight excluding hydrogens is 566 g/mol. The lowest BCUT2D eigenvalue weighted by molar-refractivity contribution is -0.139. The van der Waals surface area contributed by atoms with E-state index in [-0.39, 0.29) is 23.3 Å². The van der Waals surface area contributed by atoms with Crippen molar-refractivity contribution in [1.29, 1.82) is 0 Å². The molecule has 0 aromatic heterocycles. The molecule has 0 saturated heterocycles. The van der Waals surface area contributed by atoms with Crippen molar-refractivity contribution in [2.45, 2.75) is 45.2 Å². The molecule has 0 fully saturated rings. The summed E-state index contributed by atoms with van der Waals surface area (Å²) < 4.78 is 29.3. The molecule has 0 spiro atoms. The molecule has 3 aromatic carbocycles. The van der Waals surface area contributed by atoms with Gasteiger partial charge in [0.25, 0.3) is 10.0 Å². The quantitative estimate of drug-likeness (QED) is 0.330. The van der Waals surface area contributed by atoms with Gasteiger partial charge in [0, 0.05) is 17.6 Å². The smallest absolute Gasteiger partial charge is 0.264 e. The number of halogens is 1. The van der Waals surface area contributed by atoms with E-state index >= 15 is 0 Å². The van der Waals surface area contributed by atoms with Crippen molar-refractivity contribution < 1.29 is 18.0 Å². The number of hydrogen-bond donors (Lipinski definition) is 1. The molecule has 0 radical (unpaired) electrons. The highest BCUT2D eigenvalue weighted by Crippen LogP contribution is 2.26. The van der Waals surface area contributed by atoms with E-state index < -0.39 is 28.5 Å². The zero-order valence-corrected chi connectivity index (χ0v) is 24.5. The Bertz CT molecular complexity index is 1330. The van der Waals surface area contributed by atoms with E-state index in [1.807, 2.05) is 45.0 Å². The number of nitrogens with zero attached hydrogens (tertiary/aromatic N) is 2. The predicted octanol–water partition coefficient (Wildman–Crippen LogP) is 5.14. The molecule has 0 aliphatic rings. The minimum Gasteiger partial charge on any atom is -0.354 e. The monoisotopic (exact) mass is 599 g/mol. The second-order valence-electron chi connectivity index (χ2n) is 9.62. The summed E-state index contributed by atoms with van der Waals surface area (Å²) in [6, 6.07) is 21.6. The number of benzene rings is 3. The number of hydrogen-bond acceptors (Lipinski definition) is 4. The van der Waals surface area contributed by atoms with Gasteiger partial charge in [-0.2, -0.15) is 0 Å². The van der Waals surface area contributed by atoms with E-state index in [2.05, 4.69) is 21.2 Å². The zero-order chi connectivity index (χ0) is 27.9. The van der Waals surface area contributed by atoms with Gasteiger partial charge >= 0.3 is 0 Å². The van der Waals surface area contributed by atoms with Crippen molar-refractivity contribution in [1.82, 2.24) is 10.2 Å². The molecule has 1 atom stereocenters. The third kappa shape index (κ3) is 7.68. The van der Waals surface area contributed by atoms with Crippen LogP contribution < -0.4 is 9.62 Å². The molecule has 3 rings (SSSR count). The highest BCUT2D eigenvalue weighted by Gasteiger charge is 2.32. The van der Waals surface area contributed by atoms with Crippen LogP contribution in [0, 0.1) is 12.8 Å². The number of carbonyl (C=O) groups is 2. The molecule has 202 valence electrons. The van der Waals surface area contributed by atoms with Crippen LogP contribution in [-0.4, -0.2) is 44.3 Å². The van der Waals surface area contributed by atoms with Crippen molar-refractivity contribution in [3.8, 4) is 0 Å². The van der Waals surface area contributed by atoms with Crippen LogP contribution in [0.4, 0.5) is 5.69 Å². The molecule has 0 aliphatic carbocycles. The molecule has 0 aliphatic heterocycles. The average Bonchev–Trinajstić information content (AvgIpc) is 2.90. The summed E-state index contributed by atoms with van der Waals surface area (Å²) in [7, 11) is -4.07. The molecule has 1 N–H and O–H groups in total. The van der Waals surface area contributed by atoms with Gasteiger partial charge in [-0.05, 0) is 61.7 Å². The maximum atomic E-state index is 13.9. The Balaban J connectivity index is 1.98. The number of aryl methyl sites for hydroxylation is 1. The van der Waals surface area contributed by atoms with E-state index in [9.17, 15) is 18.0 Å². The van der Waals surface area contributed by atoms with Crippen molar-refractivity contribution in [2.24, 2.45) is 5.92 Å². The van der Waals surface area contributed by atoms with Gasteiger partial charge in [-0.3, -0.25) is 13.9 Å². The molecule has 9 heteroatoms. The van der Waals surface area contributed by atoms with Gasteiger partial charge in [0.05, 0.1) is 10.6 Å². The van der Waals surface area contributed by atoms with Gasteiger partial charge in [-0.25, -0.2) is 8.42 Å². The fraction of sp³-hybridized carbons (Fsp3) is 0.310. The van der Waals surface area contributed by atoms with Crippen LogP contribution >= 0.6 is 15.9 Å². The van der Waals surface area contributed by atoms with Crippen LogP contribution in [0.15, 0.2) is 88.2 Å². The highest BCUT2D eigenvalue weighted by atomic mass is 79.9. The van der Waals surface area contributed by atoms with Crippen LogP contribution in [-0.2, 0) is 26.2 Å². The van der Waals surface area contributed by atoms with Gasteiger partial charge in [-0.1, -0.05) is 77.8 Å². The second-order valence-corrected chi connectivity index (χ2v) is 12.4. The van der Waals surface area contributed by atoms with Crippen molar-refractivity contribution in [2.75, 3.05) is 17.4 Å². The van der Waals surface area contributed by atoms with E-state index in [1.165, 1.54) is 17.0 Å². The Labute approximate surface area is 234 Å². The number of nitrogens with one attached hydrogen (secondary N) is 1. The summed E-state index contributed by atoms with van der Waals surface area (Å²) in [5.74, 6) is -0.531. The summed E-state index contributed by atoms with van der Waals surface area (Å²) in [4.78, 5) is 28.4. The summed E-state index contributed by atoms with van der Waals surface area (Å²) in [5, 5.41) is 2.89. The molecule has 2 amide bonds. The third-order valence-electron chi connectivity index (χ3n) is 6.05. The van der Waals surface area contributed by atoms with Gasteiger partial charge in [0.1, 0.15) is 12.6 Å². The SMILES string of the molecule is Cc1ccc(CN(C(=O)CN(c2ccc(Br)cc2)S(=O)(=O)c2ccccc2)C(C)C(=O)NCC(C)C)cc1. The Morgan fingerprint density at radius 2 is 1.50 bits per heavy atom. The number of amides is 2.